The van der Waals surface area contributed by atoms with Gasteiger partial charge in [0, 0.05) is 24.6 Å². The quantitative estimate of drug-likeness (QED) is 0.785. The summed E-state index contributed by atoms with van der Waals surface area (Å²) in [6.07, 6.45) is 5.71. The Morgan fingerprint density at radius 2 is 2.15 bits per heavy atom. The fourth-order valence-corrected chi connectivity index (χ4v) is 3.57. The molecule has 0 radical (unpaired) electrons. The number of nitrogens with zero attached hydrogens (tertiary/aromatic N) is 1. The second-order valence-corrected chi connectivity index (χ2v) is 8.55. The highest BCUT2D eigenvalue weighted by Gasteiger charge is 2.20. The van der Waals surface area contributed by atoms with E-state index in [1.54, 1.807) is 24.4 Å². The number of pyridine rings is 1. The van der Waals surface area contributed by atoms with Crippen LogP contribution in [0.2, 0.25) is 0 Å². The molecule has 144 valence electrons. The maximum atomic E-state index is 12.3. The molecule has 0 aliphatic carbocycles. The summed E-state index contributed by atoms with van der Waals surface area (Å²) >= 11 is 0. The first kappa shape index (κ1) is 19.3. The number of amides is 1. The van der Waals surface area contributed by atoms with Gasteiger partial charge in [0.1, 0.15) is 5.75 Å². The molecule has 7 nitrogen and oxygen atoms in total. The van der Waals surface area contributed by atoms with Crippen molar-refractivity contribution in [1.82, 2.24) is 15.6 Å². The molecule has 0 saturated carbocycles. The van der Waals surface area contributed by atoms with Gasteiger partial charge in [-0.05, 0) is 43.7 Å². The summed E-state index contributed by atoms with van der Waals surface area (Å²) in [4.78, 5) is 16.7. The minimum atomic E-state index is -3.33. The molecule has 2 heterocycles. The fourth-order valence-electron chi connectivity index (χ4n) is 2.91. The van der Waals surface area contributed by atoms with Crippen LogP contribution in [-0.4, -0.2) is 38.2 Å². The van der Waals surface area contributed by atoms with E-state index in [-0.39, 0.29) is 23.4 Å². The van der Waals surface area contributed by atoms with Crippen LogP contribution in [0.5, 0.6) is 11.6 Å². The molecule has 1 aliphatic heterocycles. The summed E-state index contributed by atoms with van der Waals surface area (Å²) in [5.41, 5.74) is 0.714. The van der Waals surface area contributed by atoms with Gasteiger partial charge in [-0.1, -0.05) is 18.6 Å². The van der Waals surface area contributed by atoms with Crippen LogP contribution in [-0.2, 0) is 21.2 Å². The molecule has 0 bridgehead atoms. The second-order valence-electron chi connectivity index (χ2n) is 6.54. The van der Waals surface area contributed by atoms with E-state index in [9.17, 15) is 13.2 Å². The first-order chi connectivity index (χ1) is 12.9. The van der Waals surface area contributed by atoms with Gasteiger partial charge in [0.25, 0.3) is 0 Å². The van der Waals surface area contributed by atoms with Gasteiger partial charge in [0.05, 0.1) is 10.9 Å². The largest absolute Gasteiger partial charge is 0.439 e. The lowest BCUT2D eigenvalue weighted by Crippen LogP contribution is -2.46. The third kappa shape index (κ3) is 5.27. The molecule has 1 aromatic carbocycles. The zero-order valence-corrected chi connectivity index (χ0v) is 16.0. The molecule has 1 fully saturated rings. The number of carbonyl (C=O) groups is 1. The van der Waals surface area contributed by atoms with Crippen LogP contribution in [0.4, 0.5) is 0 Å². The van der Waals surface area contributed by atoms with E-state index < -0.39 is 9.84 Å². The Labute approximate surface area is 159 Å². The van der Waals surface area contributed by atoms with E-state index in [4.69, 9.17) is 4.74 Å². The lowest BCUT2D eigenvalue weighted by molar-refractivity contribution is -0.123. The highest BCUT2D eigenvalue weighted by atomic mass is 32.2. The van der Waals surface area contributed by atoms with Crippen molar-refractivity contribution in [2.75, 3.05) is 12.8 Å². The Morgan fingerprint density at radius 3 is 2.89 bits per heavy atom. The number of rotatable bonds is 6. The minimum absolute atomic E-state index is 0.0384. The van der Waals surface area contributed by atoms with Gasteiger partial charge >= 0.3 is 0 Å². The Bertz CT molecular complexity index is 909. The SMILES string of the molecule is CS(=O)(=O)c1cccc(Oc2ncccc2CNC(=O)[C@H]2CCCCN2)c1. The average molecular weight is 389 g/mol. The molecule has 2 N–H and O–H groups in total. The molecule has 1 atom stereocenters. The number of sulfone groups is 1. The van der Waals surface area contributed by atoms with E-state index in [0.717, 1.165) is 32.1 Å². The molecular formula is C19H23N3O4S. The highest BCUT2D eigenvalue weighted by molar-refractivity contribution is 7.90. The Hall–Kier alpha value is -2.45. The number of ether oxygens (including phenoxy) is 1. The fraction of sp³-hybridized carbons (Fsp3) is 0.368. The van der Waals surface area contributed by atoms with E-state index in [1.807, 2.05) is 6.07 Å². The summed E-state index contributed by atoms with van der Waals surface area (Å²) < 4.78 is 29.2. The molecular weight excluding hydrogens is 366 g/mol. The van der Waals surface area contributed by atoms with E-state index in [2.05, 4.69) is 15.6 Å². The zero-order valence-electron chi connectivity index (χ0n) is 15.1. The Morgan fingerprint density at radius 1 is 1.30 bits per heavy atom. The zero-order chi connectivity index (χ0) is 19.3. The number of carbonyl (C=O) groups excluding carboxylic acids is 1. The normalized spacial score (nSPS) is 17.3. The van der Waals surface area contributed by atoms with Crippen molar-refractivity contribution in [2.24, 2.45) is 0 Å². The summed E-state index contributed by atoms with van der Waals surface area (Å²) in [5.74, 6) is 0.668. The van der Waals surface area contributed by atoms with Gasteiger partial charge in [0.15, 0.2) is 9.84 Å². The molecule has 3 rings (SSSR count). The molecule has 8 heteroatoms. The second kappa shape index (κ2) is 8.49. The van der Waals surface area contributed by atoms with Crippen molar-refractivity contribution in [3.8, 4) is 11.6 Å². The number of nitrogens with one attached hydrogen (secondary N) is 2. The van der Waals surface area contributed by atoms with Crippen molar-refractivity contribution in [3.05, 3.63) is 48.2 Å². The van der Waals surface area contributed by atoms with Crippen molar-refractivity contribution in [1.29, 1.82) is 0 Å². The van der Waals surface area contributed by atoms with Crippen LogP contribution >= 0.6 is 0 Å². The predicted molar refractivity (Wildman–Crippen MR) is 101 cm³/mol. The number of aromatic nitrogens is 1. The van der Waals surface area contributed by atoms with Crippen LogP contribution in [0.1, 0.15) is 24.8 Å². The third-order valence-electron chi connectivity index (χ3n) is 4.38. The molecule has 1 amide bonds. The topological polar surface area (TPSA) is 97.4 Å². The molecule has 1 aromatic heterocycles. The van der Waals surface area contributed by atoms with Crippen LogP contribution in [0.3, 0.4) is 0 Å². The Balaban J connectivity index is 1.70. The van der Waals surface area contributed by atoms with Gasteiger partial charge < -0.3 is 15.4 Å². The number of benzene rings is 1. The lowest BCUT2D eigenvalue weighted by Gasteiger charge is -2.22. The maximum absolute atomic E-state index is 12.3. The highest BCUT2D eigenvalue weighted by Crippen LogP contribution is 2.25. The van der Waals surface area contributed by atoms with E-state index in [0.29, 0.717) is 17.2 Å². The minimum Gasteiger partial charge on any atom is -0.439 e. The predicted octanol–water partition coefficient (Wildman–Crippen LogP) is 2.04. The summed E-state index contributed by atoms with van der Waals surface area (Å²) in [6.45, 7) is 1.14. The Kier molecular flexibility index (Phi) is 6.08. The van der Waals surface area contributed by atoms with Crippen LogP contribution in [0.15, 0.2) is 47.5 Å². The number of hydrogen-bond donors (Lipinski definition) is 2. The number of piperidine rings is 1. The molecule has 0 unspecified atom stereocenters. The van der Waals surface area contributed by atoms with Crippen molar-refractivity contribution in [3.63, 3.8) is 0 Å². The standard InChI is InChI=1S/C19H23N3O4S/c1-27(24,25)16-8-4-7-15(12-16)26-19-14(6-5-11-21-19)13-22-18(23)17-9-2-3-10-20-17/h4-8,11-12,17,20H,2-3,9-10,13H2,1H3,(H,22,23)/t17-/m1/s1. The molecule has 0 spiro atoms. The van der Waals surface area contributed by atoms with Crippen molar-refractivity contribution >= 4 is 15.7 Å². The maximum Gasteiger partial charge on any atom is 0.237 e. The summed E-state index contributed by atoms with van der Waals surface area (Å²) in [6, 6.07) is 9.67. The first-order valence-electron chi connectivity index (χ1n) is 8.86. The number of hydrogen-bond acceptors (Lipinski definition) is 6. The smallest absolute Gasteiger partial charge is 0.237 e. The van der Waals surface area contributed by atoms with E-state index >= 15 is 0 Å². The summed E-state index contributed by atoms with van der Waals surface area (Å²) in [7, 11) is -3.33. The van der Waals surface area contributed by atoms with Gasteiger partial charge in [-0.3, -0.25) is 4.79 Å². The molecule has 1 aliphatic rings. The molecule has 1 saturated heterocycles. The average Bonchev–Trinajstić information content (AvgIpc) is 2.67. The van der Waals surface area contributed by atoms with Gasteiger partial charge in [-0.15, -0.1) is 0 Å². The monoisotopic (exact) mass is 389 g/mol. The van der Waals surface area contributed by atoms with Gasteiger partial charge in [-0.25, -0.2) is 13.4 Å². The van der Waals surface area contributed by atoms with Crippen molar-refractivity contribution < 1.29 is 17.9 Å². The van der Waals surface area contributed by atoms with E-state index in [1.165, 1.54) is 12.1 Å². The molecule has 2 aromatic rings. The summed E-state index contributed by atoms with van der Waals surface area (Å²) in [5, 5.41) is 6.13. The van der Waals surface area contributed by atoms with Crippen LogP contribution in [0, 0.1) is 0 Å². The van der Waals surface area contributed by atoms with Crippen LogP contribution in [0.25, 0.3) is 0 Å². The van der Waals surface area contributed by atoms with Gasteiger partial charge in [-0.2, -0.15) is 0 Å². The third-order valence-corrected chi connectivity index (χ3v) is 5.49. The van der Waals surface area contributed by atoms with Crippen LogP contribution < -0.4 is 15.4 Å². The van der Waals surface area contributed by atoms with Gasteiger partial charge in [0.2, 0.25) is 11.8 Å². The van der Waals surface area contributed by atoms with Crippen molar-refractivity contribution in [2.45, 2.75) is 36.7 Å². The molecule has 27 heavy (non-hydrogen) atoms. The first-order valence-corrected chi connectivity index (χ1v) is 10.8. The lowest BCUT2D eigenvalue weighted by atomic mass is 10.0.